The van der Waals surface area contributed by atoms with Gasteiger partial charge < -0.3 is 10.6 Å². The molecule has 0 aromatic heterocycles. The summed E-state index contributed by atoms with van der Waals surface area (Å²) in [5.41, 5.74) is 0.257. The number of nitrogens with one attached hydrogen (secondary N) is 2. The zero-order valence-corrected chi connectivity index (χ0v) is 14.4. The Hall–Kier alpha value is -2.44. The molecule has 0 aliphatic carbocycles. The van der Waals surface area contributed by atoms with Crippen LogP contribution in [0.5, 0.6) is 0 Å². The highest BCUT2D eigenvalue weighted by atomic mass is 16.6. The summed E-state index contributed by atoms with van der Waals surface area (Å²) in [6.07, 6.45) is 2.18. The molecule has 2 amide bonds. The average Bonchev–Trinajstić information content (AvgIpc) is 2.52. The lowest BCUT2D eigenvalue weighted by atomic mass is 10.0. The topological polar surface area (TPSA) is 101 Å². The van der Waals surface area contributed by atoms with Gasteiger partial charge in [-0.05, 0) is 37.8 Å². The van der Waals surface area contributed by atoms with E-state index in [9.17, 15) is 19.7 Å². The maximum atomic E-state index is 11.9. The van der Waals surface area contributed by atoms with Crippen molar-refractivity contribution in [1.82, 2.24) is 10.6 Å². The molecule has 132 valence electrons. The molecule has 7 nitrogen and oxygen atoms in total. The lowest BCUT2D eigenvalue weighted by Gasteiger charge is -2.15. The molecule has 7 heteroatoms. The van der Waals surface area contributed by atoms with Gasteiger partial charge in [-0.3, -0.25) is 19.7 Å². The number of rotatable bonds is 9. The third-order valence-corrected chi connectivity index (χ3v) is 3.56. The fraction of sp³-hybridized carbons (Fsp3) is 0.529. The van der Waals surface area contributed by atoms with Crippen LogP contribution in [-0.2, 0) is 4.79 Å². The Morgan fingerprint density at radius 2 is 1.75 bits per heavy atom. The maximum absolute atomic E-state index is 11.9. The van der Waals surface area contributed by atoms with Crippen LogP contribution in [0.3, 0.4) is 0 Å². The van der Waals surface area contributed by atoms with E-state index in [0.717, 1.165) is 12.8 Å². The number of benzene rings is 1. The first-order valence-corrected chi connectivity index (χ1v) is 8.11. The molecule has 0 heterocycles. The molecule has 0 spiro atoms. The van der Waals surface area contributed by atoms with E-state index >= 15 is 0 Å². The van der Waals surface area contributed by atoms with E-state index in [4.69, 9.17) is 0 Å². The largest absolute Gasteiger partial charge is 0.354 e. The van der Waals surface area contributed by atoms with E-state index in [0.29, 0.717) is 11.5 Å². The van der Waals surface area contributed by atoms with Gasteiger partial charge in [0, 0.05) is 36.7 Å². The van der Waals surface area contributed by atoms with Gasteiger partial charge in [0.2, 0.25) is 5.91 Å². The van der Waals surface area contributed by atoms with Crippen LogP contribution in [-0.4, -0.2) is 29.3 Å². The minimum atomic E-state index is -0.521. The first-order valence-electron chi connectivity index (χ1n) is 8.11. The van der Waals surface area contributed by atoms with Crippen molar-refractivity contribution in [1.29, 1.82) is 0 Å². The van der Waals surface area contributed by atoms with Crippen molar-refractivity contribution < 1.29 is 14.5 Å². The Kier molecular flexibility index (Phi) is 7.88. The van der Waals surface area contributed by atoms with E-state index in [2.05, 4.69) is 24.5 Å². The van der Waals surface area contributed by atoms with Crippen molar-refractivity contribution in [2.45, 2.75) is 46.1 Å². The molecular weight excluding hydrogens is 310 g/mol. The molecule has 0 radical (unpaired) electrons. The molecule has 1 atom stereocenters. The van der Waals surface area contributed by atoms with Gasteiger partial charge in [-0.25, -0.2) is 0 Å². The van der Waals surface area contributed by atoms with Crippen molar-refractivity contribution in [3.05, 3.63) is 39.9 Å². The van der Waals surface area contributed by atoms with Crippen LogP contribution in [0.2, 0.25) is 0 Å². The molecule has 2 N–H and O–H groups in total. The van der Waals surface area contributed by atoms with Crippen LogP contribution >= 0.6 is 0 Å². The van der Waals surface area contributed by atoms with Crippen LogP contribution in [0.1, 0.15) is 50.4 Å². The van der Waals surface area contributed by atoms with Gasteiger partial charge in [0.25, 0.3) is 11.6 Å². The van der Waals surface area contributed by atoms with Crippen molar-refractivity contribution in [3.8, 4) is 0 Å². The van der Waals surface area contributed by atoms with Crippen LogP contribution in [0.25, 0.3) is 0 Å². The van der Waals surface area contributed by atoms with Gasteiger partial charge in [-0.15, -0.1) is 0 Å². The quantitative estimate of drug-likeness (QED) is 0.535. The molecular formula is C17H25N3O4. The van der Waals surface area contributed by atoms with E-state index in [1.54, 1.807) is 0 Å². The second-order valence-electron chi connectivity index (χ2n) is 6.25. The number of carbonyl (C=O) groups excluding carboxylic acids is 2. The molecule has 0 aliphatic heterocycles. The molecule has 0 bridgehead atoms. The summed E-state index contributed by atoms with van der Waals surface area (Å²) in [7, 11) is 0. The Morgan fingerprint density at radius 3 is 2.29 bits per heavy atom. The molecule has 1 rings (SSSR count). The van der Waals surface area contributed by atoms with Gasteiger partial charge in [-0.1, -0.05) is 13.8 Å². The number of non-ortho nitro benzene ring substituents is 1. The number of hydrogen-bond donors (Lipinski definition) is 2. The van der Waals surface area contributed by atoms with Crippen LogP contribution in [0.4, 0.5) is 5.69 Å². The molecule has 1 aromatic carbocycles. The Bertz CT molecular complexity index is 570. The zero-order chi connectivity index (χ0) is 18.1. The number of nitro benzene ring substituents is 1. The lowest BCUT2D eigenvalue weighted by molar-refractivity contribution is -0.384. The first kappa shape index (κ1) is 19.6. The fourth-order valence-electron chi connectivity index (χ4n) is 2.13. The molecule has 1 aromatic rings. The predicted octanol–water partition coefficient (Wildman–Crippen LogP) is 2.66. The smallest absolute Gasteiger partial charge is 0.269 e. The minimum absolute atomic E-state index is 0.0682. The highest BCUT2D eigenvalue weighted by Crippen LogP contribution is 2.11. The molecule has 0 aliphatic rings. The number of hydrogen-bond acceptors (Lipinski definition) is 4. The molecule has 0 fully saturated rings. The summed E-state index contributed by atoms with van der Waals surface area (Å²) >= 11 is 0. The number of amides is 2. The molecule has 1 unspecified atom stereocenters. The van der Waals surface area contributed by atoms with Crippen molar-refractivity contribution in [2.24, 2.45) is 5.92 Å². The summed E-state index contributed by atoms with van der Waals surface area (Å²) in [4.78, 5) is 33.7. The highest BCUT2D eigenvalue weighted by Gasteiger charge is 2.11. The maximum Gasteiger partial charge on any atom is 0.269 e. The van der Waals surface area contributed by atoms with Crippen LogP contribution in [0, 0.1) is 16.0 Å². The van der Waals surface area contributed by atoms with Gasteiger partial charge in [0.15, 0.2) is 0 Å². The van der Waals surface area contributed by atoms with Gasteiger partial charge in [0.05, 0.1) is 4.92 Å². The van der Waals surface area contributed by atoms with E-state index in [-0.39, 0.29) is 36.5 Å². The Balaban J connectivity index is 2.32. The van der Waals surface area contributed by atoms with Crippen molar-refractivity contribution in [3.63, 3.8) is 0 Å². The number of nitrogens with zero attached hydrogens (tertiary/aromatic N) is 1. The second kappa shape index (κ2) is 9.64. The third-order valence-electron chi connectivity index (χ3n) is 3.56. The monoisotopic (exact) mass is 335 g/mol. The van der Waals surface area contributed by atoms with E-state index < -0.39 is 4.92 Å². The Morgan fingerprint density at radius 1 is 1.12 bits per heavy atom. The van der Waals surface area contributed by atoms with E-state index in [1.807, 2.05) is 6.92 Å². The lowest BCUT2D eigenvalue weighted by Crippen LogP contribution is -2.35. The van der Waals surface area contributed by atoms with Crippen LogP contribution in [0.15, 0.2) is 24.3 Å². The van der Waals surface area contributed by atoms with Gasteiger partial charge >= 0.3 is 0 Å². The van der Waals surface area contributed by atoms with Crippen molar-refractivity contribution in [2.75, 3.05) is 6.54 Å². The summed E-state index contributed by atoms with van der Waals surface area (Å²) in [5.74, 6) is 0.145. The standard InChI is InChI=1S/C17H25N3O4/c1-12(2)4-5-13(3)19-16(21)10-11-18-17(22)14-6-8-15(9-7-14)20(23)24/h6-9,12-13H,4-5,10-11H2,1-3H3,(H,18,22)(H,19,21). The van der Waals surface area contributed by atoms with E-state index in [1.165, 1.54) is 24.3 Å². The van der Waals surface area contributed by atoms with Crippen LogP contribution < -0.4 is 10.6 Å². The predicted molar refractivity (Wildman–Crippen MR) is 91.7 cm³/mol. The number of nitro groups is 1. The summed E-state index contributed by atoms with van der Waals surface area (Å²) in [6, 6.07) is 5.45. The number of carbonyl (C=O) groups is 2. The molecule has 0 saturated carbocycles. The first-order chi connectivity index (χ1) is 11.3. The summed E-state index contributed by atoms with van der Waals surface area (Å²) in [5, 5.41) is 16.1. The zero-order valence-electron chi connectivity index (χ0n) is 14.4. The second-order valence-corrected chi connectivity index (χ2v) is 6.25. The fourth-order valence-corrected chi connectivity index (χ4v) is 2.13. The highest BCUT2D eigenvalue weighted by molar-refractivity contribution is 5.94. The Labute approximate surface area is 142 Å². The summed E-state index contributed by atoms with van der Waals surface area (Å²) in [6.45, 7) is 6.47. The minimum Gasteiger partial charge on any atom is -0.354 e. The SMILES string of the molecule is CC(C)CCC(C)NC(=O)CCNC(=O)c1ccc([N+](=O)[O-])cc1. The molecule has 0 saturated heterocycles. The van der Waals surface area contributed by atoms with Gasteiger partial charge in [-0.2, -0.15) is 0 Å². The van der Waals surface area contributed by atoms with Crippen molar-refractivity contribution >= 4 is 17.5 Å². The van der Waals surface area contributed by atoms with Gasteiger partial charge in [0.1, 0.15) is 0 Å². The molecule has 24 heavy (non-hydrogen) atoms. The average molecular weight is 335 g/mol. The third kappa shape index (κ3) is 7.21. The normalized spacial score (nSPS) is 11.8. The summed E-state index contributed by atoms with van der Waals surface area (Å²) < 4.78 is 0.